The molecule has 0 radical (unpaired) electrons. The van der Waals surface area contributed by atoms with E-state index in [9.17, 15) is 9.59 Å². The molecule has 1 N–H and O–H groups in total. The van der Waals surface area contributed by atoms with Crippen molar-refractivity contribution in [2.24, 2.45) is 0 Å². The van der Waals surface area contributed by atoms with Crippen molar-refractivity contribution in [1.29, 1.82) is 0 Å². The van der Waals surface area contributed by atoms with Crippen molar-refractivity contribution < 1.29 is 9.59 Å². The fraction of sp³-hybridized carbons (Fsp3) is 0.409. The van der Waals surface area contributed by atoms with Gasteiger partial charge in [-0.1, -0.05) is 12.1 Å². The van der Waals surface area contributed by atoms with Crippen molar-refractivity contribution in [2.45, 2.75) is 32.4 Å². The summed E-state index contributed by atoms with van der Waals surface area (Å²) < 4.78 is 3.93. The Bertz CT molecular complexity index is 1050. The number of aryl methyl sites for hydroxylation is 2. The number of rotatable bonds is 7. The molecule has 0 fully saturated rings. The number of carbonyl (C=O) groups excluding carboxylic acids is 2. The van der Waals surface area contributed by atoms with Gasteiger partial charge in [0.05, 0.1) is 6.20 Å². The van der Waals surface area contributed by atoms with E-state index in [1.807, 2.05) is 39.7 Å². The minimum absolute atomic E-state index is 0.0479. The number of ketones is 1. The second kappa shape index (κ2) is 8.21. The number of Topliss-reactive ketones (excluding diaryl/α,β-unsaturated/α-hetero) is 1. The Kier molecular flexibility index (Phi) is 5.49. The lowest BCUT2D eigenvalue weighted by Gasteiger charge is -2.08. The molecule has 4 rings (SSSR count). The van der Waals surface area contributed by atoms with Crippen LogP contribution in [0.25, 0.3) is 10.9 Å². The first-order valence-corrected chi connectivity index (χ1v) is 10.1. The van der Waals surface area contributed by atoms with Crippen molar-refractivity contribution in [3.05, 3.63) is 53.5 Å². The fourth-order valence-electron chi connectivity index (χ4n) is 3.84. The molecule has 7 heteroatoms. The standard InChI is InChI=1S/C22H27N5O2/c1-25(2)8-4-9-26-15-16(14-24-26)11-21(28)18-6-5-17-12-20-22(29)23-7-3-10-27(20)19(17)13-18/h5-6,12-15H,3-4,7-11H2,1-2H3,(H,23,29). The summed E-state index contributed by atoms with van der Waals surface area (Å²) in [6.07, 6.45) is 5.96. The minimum atomic E-state index is -0.0479. The highest BCUT2D eigenvalue weighted by molar-refractivity contribution is 6.03. The molecule has 152 valence electrons. The summed E-state index contributed by atoms with van der Waals surface area (Å²) in [5.41, 5.74) is 3.21. The number of nitrogens with one attached hydrogen (secondary N) is 1. The second-order valence-corrected chi connectivity index (χ2v) is 7.93. The van der Waals surface area contributed by atoms with Crippen LogP contribution in [0.1, 0.15) is 39.3 Å². The van der Waals surface area contributed by atoms with E-state index < -0.39 is 0 Å². The molecule has 1 aromatic carbocycles. The molecule has 3 aromatic rings. The Morgan fingerprint density at radius 1 is 1.28 bits per heavy atom. The first kappa shape index (κ1) is 19.4. The van der Waals surface area contributed by atoms with Gasteiger partial charge < -0.3 is 14.8 Å². The van der Waals surface area contributed by atoms with Crippen LogP contribution in [0.4, 0.5) is 0 Å². The number of nitrogens with zero attached hydrogens (tertiary/aromatic N) is 4. The Morgan fingerprint density at radius 2 is 2.14 bits per heavy atom. The van der Waals surface area contributed by atoms with E-state index in [1.165, 1.54) is 0 Å². The van der Waals surface area contributed by atoms with Crippen molar-refractivity contribution >= 4 is 22.6 Å². The maximum atomic E-state index is 12.9. The molecular weight excluding hydrogens is 366 g/mol. The topological polar surface area (TPSA) is 72.2 Å². The number of aromatic nitrogens is 3. The first-order valence-electron chi connectivity index (χ1n) is 10.1. The molecule has 0 atom stereocenters. The van der Waals surface area contributed by atoms with E-state index in [-0.39, 0.29) is 11.7 Å². The van der Waals surface area contributed by atoms with Crippen LogP contribution in [-0.4, -0.2) is 58.1 Å². The van der Waals surface area contributed by atoms with E-state index in [0.717, 1.165) is 48.9 Å². The van der Waals surface area contributed by atoms with Crippen LogP contribution < -0.4 is 5.32 Å². The van der Waals surface area contributed by atoms with Crippen LogP contribution in [0.15, 0.2) is 36.7 Å². The van der Waals surface area contributed by atoms with Gasteiger partial charge in [-0.15, -0.1) is 0 Å². The third-order valence-electron chi connectivity index (χ3n) is 5.35. The zero-order valence-electron chi connectivity index (χ0n) is 17.0. The highest BCUT2D eigenvalue weighted by Gasteiger charge is 2.19. The summed E-state index contributed by atoms with van der Waals surface area (Å²) in [4.78, 5) is 27.2. The third-order valence-corrected chi connectivity index (χ3v) is 5.35. The summed E-state index contributed by atoms with van der Waals surface area (Å²) in [6, 6.07) is 7.61. The Balaban J connectivity index is 1.50. The third kappa shape index (κ3) is 4.24. The Labute approximate surface area is 170 Å². The van der Waals surface area contributed by atoms with Crippen LogP contribution in [-0.2, 0) is 19.5 Å². The summed E-state index contributed by atoms with van der Waals surface area (Å²) >= 11 is 0. The molecule has 2 aromatic heterocycles. The molecule has 0 saturated carbocycles. The van der Waals surface area contributed by atoms with Crippen molar-refractivity contribution in [1.82, 2.24) is 24.6 Å². The van der Waals surface area contributed by atoms with Gasteiger partial charge in [0.1, 0.15) is 5.69 Å². The number of hydrogen-bond acceptors (Lipinski definition) is 4. The summed E-state index contributed by atoms with van der Waals surface area (Å²) in [7, 11) is 4.11. The Morgan fingerprint density at radius 3 is 2.97 bits per heavy atom. The largest absolute Gasteiger partial charge is 0.351 e. The molecule has 0 aliphatic carbocycles. The zero-order chi connectivity index (χ0) is 20.4. The smallest absolute Gasteiger partial charge is 0.267 e. The fourth-order valence-corrected chi connectivity index (χ4v) is 3.84. The van der Waals surface area contributed by atoms with Gasteiger partial charge in [0.25, 0.3) is 5.91 Å². The summed E-state index contributed by atoms with van der Waals surface area (Å²) in [5.74, 6) is 0.0154. The number of carbonyl (C=O) groups is 2. The molecule has 1 aliphatic rings. The molecule has 3 heterocycles. The van der Waals surface area contributed by atoms with Gasteiger partial charge in [-0.05, 0) is 51.2 Å². The van der Waals surface area contributed by atoms with Crippen molar-refractivity contribution in [2.75, 3.05) is 27.2 Å². The lowest BCUT2D eigenvalue weighted by atomic mass is 10.0. The SMILES string of the molecule is CN(C)CCCn1cc(CC(=O)c2ccc3cc4n(c3c2)CCCNC4=O)cn1. The van der Waals surface area contributed by atoms with Gasteiger partial charge in [-0.25, -0.2) is 0 Å². The Hall–Kier alpha value is -2.93. The molecule has 0 unspecified atom stereocenters. The van der Waals surface area contributed by atoms with E-state index in [0.29, 0.717) is 24.2 Å². The van der Waals surface area contributed by atoms with Crippen LogP contribution in [0.2, 0.25) is 0 Å². The number of benzene rings is 1. The normalized spacial score (nSPS) is 14.1. The second-order valence-electron chi connectivity index (χ2n) is 7.93. The molecule has 1 amide bonds. The molecule has 1 aliphatic heterocycles. The van der Waals surface area contributed by atoms with Gasteiger partial charge >= 0.3 is 0 Å². The average Bonchev–Trinajstić information content (AvgIpc) is 3.23. The number of hydrogen-bond donors (Lipinski definition) is 1. The zero-order valence-corrected chi connectivity index (χ0v) is 17.0. The van der Waals surface area contributed by atoms with Crippen LogP contribution >= 0.6 is 0 Å². The maximum Gasteiger partial charge on any atom is 0.267 e. The van der Waals surface area contributed by atoms with E-state index in [2.05, 4.69) is 29.4 Å². The first-order chi connectivity index (χ1) is 14.0. The quantitative estimate of drug-likeness (QED) is 0.626. The predicted octanol–water partition coefficient (Wildman–Crippen LogP) is 2.35. The molecule has 7 nitrogen and oxygen atoms in total. The van der Waals surface area contributed by atoms with Gasteiger partial charge in [0, 0.05) is 48.7 Å². The number of amides is 1. The van der Waals surface area contributed by atoms with Crippen molar-refractivity contribution in [3.8, 4) is 0 Å². The molecule has 0 spiro atoms. The summed E-state index contributed by atoms with van der Waals surface area (Å²) in [6.45, 7) is 3.30. The predicted molar refractivity (Wildman–Crippen MR) is 112 cm³/mol. The molecular formula is C22H27N5O2. The highest BCUT2D eigenvalue weighted by Crippen LogP contribution is 2.24. The molecule has 29 heavy (non-hydrogen) atoms. The van der Waals surface area contributed by atoms with E-state index >= 15 is 0 Å². The highest BCUT2D eigenvalue weighted by atomic mass is 16.2. The maximum absolute atomic E-state index is 12.9. The van der Waals surface area contributed by atoms with Crippen LogP contribution in [0.3, 0.4) is 0 Å². The van der Waals surface area contributed by atoms with Crippen LogP contribution in [0.5, 0.6) is 0 Å². The van der Waals surface area contributed by atoms with E-state index in [1.54, 1.807) is 6.20 Å². The lowest BCUT2D eigenvalue weighted by molar-refractivity contribution is 0.0950. The number of fused-ring (bicyclic) bond motifs is 3. The summed E-state index contributed by atoms with van der Waals surface area (Å²) in [5, 5.41) is 8.28. The van der Waals surface area contributed by atoms with Gasteiger partial charge in [0.15, 0.2) is 5.78 Å². The lowest BCUT2D eigenvalue weighted by Crippen LogP contribution is -2.22. The molecule has 0 bridgehead atoms. The molecule has 0 saturated heterocycles. The average molecular weight is 393 g/mol. The van der Waals surface area contributed by atoms with Gasteiger partial charge in [-0.2, -0.15) is 5.10 Å². The van der Waals surface area contributed by atoms with Gasteiger partial charge in [-0.3, -0.25) is 14.3 Å². The van der Waals surface area contributed by atoms with Crippen molar-refractivity contribution in [3.63, 3.8) is 0 Å². The van der Waals surface area contributed by atoms with Gasteiger partial charge in [0.2, 0.25) is 0 Å². The minimum Gasteiger partial charge on any atom is -0.351 e. The monoisotopic (exact) mass is 393 g/mol. The van der Waals surface area contributed by atoms with E-state index in [4.69, 9.17) is 0 Å². The van der Waals surface area contributed by atoms with Crippen LogP contribution in [0, 0.1) is 0 Å².